The number of allylic oxidation sites excluding steroid dienone is 3. The Labute approximate surface area is 149 Å². The van der Waals surface area contributed by atoms with Crippen molar-refractivity contribution in [2.45, 2.75) is 71.5 Å². The molecule has 0 aromatic carbocycles. The number of carbonyl (C=O) groups excluding carboxylic acids is 1. The highest BCUT2D eigenvalue weighted by atomic mass is 28.4. The van der Waals surface area contributed by atoms with Crippen LogP contribution in [-0.4, -0.2) is 27.5 Å². The molecule has 2 atom stereocenters. The Morgan fingerprint density at radius 1 is 1.17 bits per heavy atom. The second kappa shape index (κ2) is 9.57. The zero-order valence-electron chi connectivity index (χ0n) is 16.4. The fourth-order valence-corrected chi connectivity index (χ4v) is 3.82. The Balaban J connectivity index is 2.58. The largest absolute Gasteiger partial charge is 0.463 e. The first-order chi connectivity index (χ1) is 11.2. The zero-order valence-corrected chi connectivity index (χ0v) is 17.4. The van der Waals surface area contributed by atoms with Crippen molar-refractivity contribution in [3.63, 3.8) is 0 Å². The minimum Gasteiger partial charge on any atom is -0.463 e. The summed E-state index contributed by atoms with van der Waals surface area (Å²) in [7, 11) is -1.68. The van der Waals surface area contributed by atoms with Crippen molar-refractivity contribution in [2.24, 2.45) is 11.8 Å². The Morgan fingerprint density at radius 3 is 2.46 bits per heavy atom. The van der Waals surface area contributed by atoms with E-state index < -0.39 is 8.32 Å². The number of carbonyl (C=O) groups is 1. The first kappa shape index (κ1) is 21.2. The van der Waals surface area contributed by atoms with Crippen LogP contribution in [0.2, 0.25) is 18.1 Å². The molecule has 0 aromatic rings. The van der Waals surface area contributed by atoms with E-state index in [9.17, 15) is 4.79 Å². The molecule has 3 nitrogen and oxygen atoms in total. The molecule has 0 bridgehead atoms. The van der Waals surface area contributed by atoms with Crippen molar-refractivity contribution >= 4 is 14.3 Å². The van der Waals surface area contributed by atoms with E-state index >= 15 is 0 Å². The molecule has 0 aliphatic heterocycles. The highest BCUT2D eigenvalue weighted by Gasteiger charge is 2.38. The van der Waals surface area contributed by atoms with Crippen LogP contribution in [0, 0.1) is 11.8 Å². The van der Waals surface area contributed by atoms with Gasteiger partial charge in [0, 0.05) is 12.7 Å². The molecule has 0 spiro atoms. The molecule has 0 radical (unpaired) electrons. The van der Waals surface area contributed by atoms with Crippen LogP contribution in [0.1, 0.15) is 53.4 Å². The fraction of sp³-hybridized carbons (Fsp3) is 0.750. The Morgan fingerprint density at radius 2 is 1.83 bits per heavy atom. The summed E-state index contributed by atoms with van der Waals surface area (Å²) >= 11 is 0. The summed E-state index contributed by atoms with van der Waals surface area (Å²) < 4.78 is 11.3. The average Bonchev–Trinajstić information content (AvgIpc) is 2.49. The van der Waals surface area contributed by atoms with E-state index in [2.05, 4.69) is 39.9 Å². The molecule has 4 heteroatoms. The Bertz CT molecular complexity index is 446. The van der Waals surface area contributed by atoms with Crippen LogP contribution in [0.15, 0.2) is 24.3 Å². The van der Waals surface area contributed by atoms with Crippen LogP contribution < -0.4 is 0 Å². The van der Waals surface area contributed by atoms with Gasteiger partial charge in [0.15, 0.2) is 8.32 Å². The first-order valence-electron chi connectivity index (χ1n) is 9.33. The predicted molar refractivity (Wildman–Crippen MR) is 104 cm³/mol. The molecule has 1 saturated carbocycles. The molecule has 1 aliphatic carbocycles. The van der Waals surface area contributed by atoms with Crippen LogP contribution in [0.25, 0.3) is 0 Å². The Hall–Kier alpha value is -0.873. The van der Waals surface area contributed by atoms with E-state index in [1.165, 1.54) is 31.8 Å². The van der Waals surface area contributed by atoms with Gasteiger partial charge in [-0.15, -0.1) is 0 Å². The van der Waals surface area contributed by atoms with Crippen molar-refractivity contribution in [1.82, 2.24) is 0 Å². The minimum atomic E-state index is -1.68. The standard InChI is InChI=1S/C20H36O3Si/c1-7-22-19(21)15-11-10-13-17-12-8-9-14-18(17)16-23-24(5,6)20(2,3)4/h10-11,13,15,17-18H,7-9,12,14,16H2,1-6H3/t17-,18+/m1/s1. The van der Waals surface area contributed by atoms with Gasteiger partial charge in [-0.25, -0.2) is 4.79 Å². The van der Waals surface area contributed by atoms with Gasteiger partial charge in [0.1, 0.15) is 0 Å². The number of rotatable bonds is 7. The minimum absolute atomic E-state index is 0.259. The quantitative estimate of drug-likeness (QED) is 0.263. The molecule has 0 saturated heterocycles. The van der Waals surface area contributed by atoms with Crippen LogP contribution in [-0.2, 0) is 14.0 Å². The number of ether oxygens (including phenoxy) is 1. The summed E-state index contributed by atoms with van der Waals surface area (Å²) in [5.74, 6) is 0.874. The van der Waals surface area contributed by atoms with E-state index in [-0.39, 0.29) is 11.0 Å². The van der Waals surface area contributed by atoms with Crippen LogP contribution >= 0.6 is 0 Å². The van der Waals surface area contributed by atoms with Gasteiger partial charge >= 0.3 is 5.97 Å². The van der Waals surface area contributed by atoms with Gasteiger partial charge in [-0.2, -0.15) is 0 Å². The second-order valence-corrected chi connectivity index (χ2v) is 13.1. The maximum atomic E-state index is 11.3. The number of hydrogen-bond acceptors (Lipinski definition) is 3. The molecule has 1 fully saturated rings. The van der Waals surface area contributed by atoms with E-state index in [0.29, 0.717) is 18.4 Å². The molecular formula is C20H36O3Si. The van der Waals surface area contributed by atoms with Crippen molar-refractivity contribution in [1.29, 1.82) is 0 Å². The van der Waals surface area contributed by atoms with Gasteiger partial charge in [-0.3, -0.25) is 0 Å². The van der Waals surface area contributed by atoms with E-state index in [0.717, 1.165) is 6.61 Å². The van der Waals surface area contributed by atoms with Gasteiger partial charge in [0.2, 0.25) is 0 Å². The van der Waals surface area contributed by atoms with E-state index in [4.69, 9.17) is 9.16 Å². The van der Waals surface area contributed by atoms with Gasteiger partial charge < -0.3 is 9.16 Å². The summed E-state index contributed by atoms with van der Waals surface area (Å²) in [5, 5.41) is 0.259. The number of hydrogen-bond donors (Lipinski definition) is 0. The van der Waals surface area contributed by atoms with E-state index in [1.54, 1.807) is 6.08 Å². The van der Waals surface area contributed by atoms with Gasteiger partial charge in [-0.1, -0.05) is 51.8 Å². The monoisotopic (exact) mass is 352 g/mol. The topological polar surface area (TPSA) is 35.5 Å². The lowest BCUT2D eigenvalue weighted by atomic mass is 9.79. The summed E-state index contributed by atoms with van der Waals surface area (Å²) in [4.78, 5) is 11.3. The molecule has 0 unspecified atom stereocenters. The zero-order chi connectivity index (χ0) is 18.2. The van der Waals surface area contributed by atoms with Crippen LogP contribution in [0.5, 0.6) is 0 Å². The smallest absolute Gasteiger partial charge is 0.330 e. The van der Waals surface area contributed by atoms with Gasteiger partial charge in [-0.05, 0) is 49.7 Å². The Kier molecular flexibility index (Phi) is 8.44. The third-order valence-corrected chi connectivity index (χ3v) is 9.92. The lowest BCUT2D eigenvalue weighted by molar-refractivity contribution is -0.137. The summed E-state index contributed by atoms with van der Waals surface area (Å²) in [5.41, 5.74) is 0. The average molecular weight is 353 g/mol. The summed E-state index contributed by atoms with van der Waals surface area (Å²) in [6, 6.07) is 0. The molecule has 1 rings (SSSR count). The van der Waals surface area contributed by atoms with E-state index in [1.807, 2.05) is 13.0 Å². The van der Waals surface area contributed by atoms with Gasteiger partial charge in [0.25, 0.3) is 0 Å². The molecule has 24 heavy (non-hydrogen) atoms. The lowest BCUT2D eigenvalue weighted by Crippen LogP contribution is -2.42. The van der Waals surface area contributed by atoms with Crippen molar-refractivity contribution in [3.05, 3.63) is 24.3 Å². The van der Waals surface area contributed by atoms with Crippen molar-refractivity contribution < 1.29 is 14.0 Å². The van der Waals surface area contributed by atoms with Crippen molar-refractivity contribution in [3.8, 4) is 0 Å². The number of esters is 1. The molecule has 0 aromatic heterocycles. The maximum absolute atomic E-state index is 11.3. The highest BCUT2D eigenvalue weighted by molar-refractivity contribution is 6.74. The second-order valence-electron chi connectivity index (χ2n) is 8.28. The third kappa shape index (κ3) is 6.94. The molecular weight excluding hydrogens is 316 g/mol. The van der Waals surface area contributed by atoms with Gasteiger partial charge in [0.05, 0.1) is 6.61 Å². The third-order valence-electron chi connectivity index (χ3n) is 5.42. The summed E-state index contributed by atoms with van der Waals surface area (Å²) in [6.07, 6.45) is 12.6. The van der Waals surface area contributed by atoms with Crippen LogP contribution in [0.3, 0.4) is 0 Å². The maximum Gasteiger partial charge on any atom is 0.330 e. The highest BCUT2D eigenvalue weighted by Crippen LogP contribution is 2.38. The first-order valence-corrected chi connectivity index (χ1v) is 12.2. The SMILES string of the molecule is CCOC(=O)C=CC=C[C@H]1CCCC[C@H]1CO[Si](C)(C)C(C)(C)C. The molecule has 138 valence electrons. The molecule has 0 N–H and O–H groups in total. The lowest BCUT2D eigenvalue weighted by Gasteiger charge is -2.39. The fourth-order valence-electron chi connectivity index (χ4n) is 2.76. The normalized spacial score (nSPS) is 23.1. The molecule has 0 heterocycles. The summed E-state index contributed by atoms with van der Waals surface area (Å²) in [6.45, 7) is 14.6. The molecule has 0 amide bonds. The van der Waals surface area contributed by atoms with Crippen molar-refractivity contribution in [2.75, 3.05) is 13.2 Å². The predicted octanol–water partition coefficient (Wildman–Crippen LogP) is 5.49. The molecule has 1 aliphatic rings. The van der Waals surface area contributed by atoms with Crippen LogP contribution in [0.4, 0.5) is 0 Å².